The molecule has 1 spiro atoms. The zero-order chi connectivity index (χ0) is 15.6. The second-order valence-corrected chi connectivity index (χ2v) is 6.86. The molecule has 2 saturated carbocycles. The average Bonchev–Trinajstić information content (AvgIpc) is 2.31. The van der Waals surface area contributed by atoms with E-state index in [4.69, 9.17) is 4.74 Å². The molecule has 21 heavy (non-hydrogen) atoms. The molecule has 2 rings (SSSR count). The number of amides is 2. The Morgan fingerprint density at radius 1 is 1.43 bits per heavy atom. The molecule has 0 bridgehead atoms. The van der Waals surface area contributed by atoms with Crippen LogP contribution in [0.5, 0.6) is 0 Å². The summed E-state index contributed by atoms with van der Waals surface area (Å²) in [5, 5.41) is 12.7. The fourth-order valence-electron chi connectivity index (χ4n) is 3.69. The van der Waals surface area contributed by atoms with Gasteiger partial charge in [0, 0.05) is 30.7 Å². The van der Waals surface area contributed by atoms with E-state index in [1.54, 1.807) is 11.8 Å². The van der Waals surface area contributed by atoms with Crippen molar-refractivity contribution in [3.63, 3.8) is 0 Å². The molecule has 2 aliphatic carbocycles. The maximum Gasteiger partial charge on any atom is 0.317 e. The molecular weight excluding hydrogens is 268 g/mol. The molecule has 0 aliphatic heterocycles. The Morgan fingerprint density at radius 2 is 2.10 bits per heavy atom. The number of urea groups is 1. The number of rotatable bonds is 6. The van der Waals surface area contributed by atoms with Crippen LogP contribution in [0.1, 0.15) is 53.4 Å². The van der Waals surface area contributed by atoms with E-state index >= 15 is 0 Å². The van der Waals surface area contributed by atoms with Gasteiger partial charge in [-0.15, -0.1) is 0 Å². The SMILES string of the molecule is CCOC1CC(NC(=O)N(CC(C)O)C(C)C)C12CCC2. The van der Waals surface area contributed by atoms with E-state index in [1.165, 1.54) is 6.42 Å². The molecule has 122 valence electrons. The molecule has 3 atom stereocenters. The zero-order valence-corrected chi connectivity index (χ0v) is 13.8. The lowest BCUT2D eigenvalue weighted by molar-refractivity contribution is -0.170. The van der Waals surface area contributed by atoms with Crippen LogP contribution in [0.4, 0.5) is 4.79 Å². The third-order valence-electron chi connectivity index (χ3n) is 5.08. The van der Waals surface area contributed by atoms with Gasteiger partial charge in [0.15, 0.2) is 0 Å². The molecule has 0 aromatic carbocycles. The standard InChI is InChI=1S/C16H30N2O3/c1-5-21-14-9-13(16(14)7-6-8-16)17-15(20)18(11(2)3)10-12(4)19/h11-14,19H,5-10H2,1-4H3,(H,17,20). The van der Waals surface area contributed by atoms with Gasteiger partial charge in [-0.25, -0.2) is 4.79 Å². The summed E-state index contributed by atoms with van der Waals surface area (Å²) in [5.74, 6) is 0. The van der Waals surface area contributed by atoms with Crippen LogP contribution in [-0.4, -0.2) is 53.5 Å². The lowest BCUT2D eigenvalue weighted by Gasteiger charge is -2.61. The molecule has 0 radical (unpaired) electrons. The van der Waals surface area contributed by atoms with E-state index in [0.29, 0.717) is 12.6 Å². The van der Waals surface area contributed by atoms with Crippen LogP contribution in [0.25, 0.3) is 0 Å². The van der Waals surface area contributed by atoms with Crippen molar-refractivity contribution in [1.82, 2.24) is 10.2 Å². The predicted octanol–water partition coefficient (Wildman–Crippen LogP) is 2.13. The summed E-state index contributed by atoms with van der Waals surface area (Å²) in [6.45, 7) is 8.81. The Bertz CT molecular complexity index is 367. The summed E-state index contributed by atoms with van der Waals surface area (Å²) >= 11 is 0. The molecule has 2 aliphatic rings. The van der Waals surface area contributed by atoms with Gasteiger partial charge in [0.25, 0.3) is 0 Å². The van der Waals surface area contributed by atoms with Gasteiger partial charge in [-0.1, -0.05) is 6.42 Å². The summed E-state index contributed by atoms with van der Waals surface area (Å²) in [4.78, 5) is 14.2. The highest BCUT2D eigenvalue weighted by Crippen LogP contribution is 2.57. The van der Waals surface area contributed by atoms with Gasteiger partial charge in [0.05, 0.1) is 12.2 Å². The molecule has 0 aromatic rings. The van der Waals surface area contributed by atoms with Crippen molar-refractivity contribution in [2.24, 2.45) is 5.41 Å². The lowest BCUT2D eigenvalue weighted by atomic mass is 9.51. The maximum atomic E-state index is 12.5. The van der Waals surface area contributed by atoms with E-state index in [-0.39, 0.29) is 23.5 Å². The first-order valence-corrected chi connectivity index (χ1v) is 8.27. The highest BCUT2D eigenvalue weighted by Gasteiger charge is 2.59. The quantitative estimate of drug-likeness (QED) is 0.789. The monoisotopic (exact) mass is 298 g/mol. The number of nitrogens with zero attached hydrogens (tertiary/aromatic N) is 1. The summed E-state index contributed by atoms with van der Waals surface area (Å²) in [6.07, 6.45) is 4.26. The second kappa shape index (κ2) is 6.53. The van der Waals surface area contributed by atoms with Crippen LogP contribution in [0.3, 0.4) is 0 Å². The number of hydrogen-bond acceptors (Lipinski definition) is 3. The largest absolute Gasteiger partial charge is 0.392 e. The van der Waals surface area contributed by atoms with Crippen molar-refractivity contribution in [2.75, 3.05) is 13.2 Å². The maximum absolute atomic E-state index is 12.5. The van der Waals surface area contributed by atoms with Crippen LogP contribution in [0.15, 0.2) is 0 Å². The number of aliphatic hydroxyl groups excluding tert-OH is 1. The van der Waals surface area contributed by atoms with Crippen LogP contribution < -0.4 is 5.32 Å². The Labute approximate surface area is 128 Å². The van der Waals surface area contributed by atoms with Gasteiger partial charge < -0.3 is 20.1 Å². The molecule has 0 aromatic heterocycles. The molecule has 0 heterocycles. The molecule has 2 amide bonds. The van der Waals surface area contributed by atoms with E-state index in [1.807, 2.05) is 20.8 Å². The summed E-state index contributed by atoms with van der Waals surface area (Å²) in [5.41, 5.74) is 0.180. The highest BCUT2D eigenvalue weighted by atomic mass is 16.5. The first-order valence-electron chi connectivity index (χ1n) is 8.27. The van der Waals surface area contributed by atoms with E-state index < -0.39 is 6.10 Å². The average molecular weight is 298 g/mol. The summed E-state index contributed by atoms with van der Waals surface area (Å²) < 4.78 is 5.81. The Morgan fingerprint density at radius 3 is 2.52 bits per heavy atom. The molecule has 5 heteroatoms. The van der Waals surface area contributed by atoms with Gasteiger partial charge in [0.2, 0.25) is 0 Å². The molecule has 5 nitrogen and oxygen atoms in total. The number of ether oxygens (including phenoxy) is 1. The van der Waals surface area contributed by atoms with Crippen molar-refractivity contribution in [2.45, 2.75) is 77.7 Å². The van der Waals surface area contributed by atoms with Gasteiger partial charge in [-0.2, -0.15) is 0 Å². The first-order chi connectivity index (χ1) is 9.90. The fourth-order valence-corrected chi connectivity index (χ4v) is 3.69. The van der Waals surface area contributed by atoms with Crippen molar-refractivity contribution in [1.29, 1.82) is 0 Å². The third-order valence-corrected chi connectivity index (χ3v) is 5.08. The number of hydrogen-bond donors (Lipinski definition) is 2. The Hall–Kier alpha value is -0.810. The first kappa shape index (κ1) is 16.6. The normalized spacial score (nSPS) is 27.9. The molecule has 3 unspecified atom stereocenters. The molecular formula is C16H30N2O3. The number of aliphatic hydroxyl groups is 1. The van der Waals surface area contributed by atoms with Crippen molar-refractivity contribution < 1.29 is 14.6 Å². The minimum atomic E-state index is -0.506. The Kier molecular flexibility index (Phi) is 5.15. The smallest absolute Gasteiger partial charge is 0.317 e. The minimum Gasteiger partial charge on any atom is -0.392 e. The van der Waals surface area contributed by atoms with E-state index in [0.717, 1.165) is 25.9 Å². The minimum absolute atomic E-state index is 0.0582. The summed E-state index contributed by atoms with van der Waals surface area (Å²) in [7, 11) is 0. The van der Waals surface area contributed by atoms with E-state index in [2.05, 4.69) is 5.32 Å². The van der Waals surface area contributed by atoms with Crippen molar-refractivity contribution >= 4 is 6.03 Å². The Balaban J connectivity index is 1.93. The molecule has 0 saturated heterocycles. The van der Waals surface area contributed by atoms with Gasteiger partial charge >= 0.3 is 6.03 Å². The number of carbonyl (C=O) groups is 1. The van der Waals surface area contributed by atoms with Crippen LogP contribution >= 0.6 is 0 Å². The van der Waals surface area contributed by atoms with Crippen LogP contribution in [0.2, 0.25) is 0 Å². The number of nitrogens with one attached hydrogen (secondary N) is 1. The summed E-state index contributed by atoms with van der Waals surface area (Å²) in [6, 6.07) is 0.252. The number of carbonyl (C=O) groups excluding carboxylic acids is 1. The zero-order valence-electron chi connectivity index (χ0n) is 13.8. The fraction of sp³-hybridized carbons (Fsp3) is 0.938. The van der Waals surface area contributed by atoms with Crippen molar-refractivity contribution in [3.05, 3.63) is 0 Å². The van der Waals surface area contributed by atoms with Crippen LogP contribution in [-0.2, 0) is 4.74 Å². The van der Waals surface area contributed by atoms with Gasteiger partial charge in [-0.3, -0.25) is 0 Å². The molecule has 2 fully saturated rings. The highest BCUT2D eigenvalue weighted by molar-refractivity contribution is 5.75. The second-order valence-electron chi connectivity index (χ2n) is 6.86. The van der Waals surface area contributed by atoms with Crippen molar-refractivity contribution in [3.8, 4) is 0 Å². The van der Waals surface area contributed by atoms with Gasteiger partial charge in [-0.05, 0) is 47.0 Å². The van der Waals surface area contributed by atoms with Crippen LogP contribution in [0, 0.1) is 5.41 Å². The third kappa shape index (κ3) is 3.19. The van der Waals surface area contributed by atoms with Gasteiger partial charge in [0.1, 0.15) is 0 Å². The predicted molar refractivity (Wildman–Crippen MR) is 82.2 cm³/mol. The lowest BCUT2D eigenvalue weighted by Crippen LogP contribution is -2.69. The van der Waals surface area contributed by atoms with E-state index in [9.17, 15) is 9.90 Å². The molecule has 2 N–H and O–H groups in total. The topological polar surface area (TPSA) is 61.8 Å².